The van der Waals surface area contributed by atoms with E-state index in [0.29, 0.717) is 11.8 Å². The number of carbonyl (C=O) groups excluding carboxylic acids is 1. The number of amides is 1. The highest BCUT2D eigenvalue weighted by Crippen LogP contribution is 2.70. The van der Waals surface area contributed by atoms with E-state index in [9.17, 15) is 4.79 Å². The maximum absolute atomic E-state index is 12.6. The van der Waals surface area contributed by atoms with Crippen molar-refractivity contribution in [2.24, 2.45) is 28.6 Å². The molecule has 1 saturated heterocycles. The zero-order valence-corrected chi connectivity index (χ0v) is 17.2. The molecule has 4 nitrogen and oxygen atoms in total. The number of benzene rings is 1. The van der Waals surface area contributed by atoms with E-state index in [1.165, 1.54) is 12.8 Å². The quantitative estimate of drug-likeness (QED) is 0.856. The molecular formula is C23H33NO3. The summed E-state index contributed by atoms with van der Waals surface area (Å²) in [7, 11) is 1.73. The predicted molar refractivity (Wildman–Crippen MR) is 106 cm³/mol. The first kappa shape index (κ1) is 18.8. The fourth-order valence-electron chi connectivity index (χ4n) is 6.31. The molecule has 0 radical (unpaired) electrons. The van der Waals surface area contributed by atoms with Crippen molar-refractivity contribution < 1.29 is 14.3 Å². The Bertz CT molecular complexity index is 728. The first-order valence-corrected chi connectivity index (χ1v) is 10.4. The van der Waals surface area contributed by atoms with E-state index in [2.05, 4.69) is 31.3 Å². The highest BCUT2D eigenvalue weighted by Gasteiger charge is 2.68. The van der Waals surface area contributed by atoms with E-state index >= 15 is 0 Å². The third kappa shape index (κ3) is 2.71. The number of para-hydroxylation sites is 1. The molecule has 1 aliphatic heterocycles. The number of hydrogen-bond acceptors (Lipinski definition) is 3. The van der Waals surface area contributed by atoms with Crippen LogP contribution in [0, 0.1) is 28.6 Å². The lowest BCUT2D eigenvalue weighted by atomic mass is 9.58. The first-order chi connectivity index (χ1) is 12.8. The van der Waals surface area contributed by atoms with Crippen molar-refractivity contribution in [1.82, 2.24) is 5.32 Å². The Morgan fingerprint density at radius 2 is 2.04 bits per heavy atom. The third-order valence-corrected chi connectivity index (χ3v) is 7.76. The van der Waals surface area contributed by atoms with E-state index in [-0.39, 0.29) is 34.8 Å². The molecule has 2 saturated carbocycles. The number of rotatable bonds is 4. The van der Waals surface area contributed by atoms with Crippen molar-refractivity contribution in [3.8, 4) is 5.75 Å². The van der Waals surface area contributed by atoms with Gasteiger partial charge in [-0.15, -0.1) is 0 Å². The second-order valence-electron chi connectivity index (χ2n) is 9.68. The molecule has 1 amide bonds. The number of carbonyl (C=O) groups is 1. The molecule has 2 aliphatic carbocycles. The summed E-state index contributed by atoms with van der Waals surface area (Å²) in [5.74, 6) is 2.15. The Kier molecular flexibility index (Phi) is 4.53. The molecule has 2 bridgehead atoms. The highest BCUT2D eigenvalue weighted by molar-refractivity contribution is 5.78. The monoisotopic (exact) mass is 371 g/mol. The molecule has 3 aliphatic rings. The lowest BCUT2D eigenvalue weighted by Gasteiger charge is -2.53. The largest absolute Gasteiger partial charge is 0.496 e. The van der Waals surface area contributed by atoms with Crippen LogP contribution in [0.15, 0.2) is 24.3 Å². The van der Waals surface area contributed by atoms with Crippen LogP contribution in [0.3, 0.4) is 0 Å². The molecule has 5 atom stereocenters. The first-order valence-electron chi connectivity index (χ1n) is 10.4. The van der Waals surface area contributed by atoms with Crippen molar-refractivity contribution in [3.05, 3.63) is 29.8 Å². The van der Waals surface area contributed by atoms with Crippen molar-refractivity contribution >= 4 is 5.91 Å². The van der Waals surface area contributed by atoms with E-state index in [0.717, 1.165) is 24.3 Å². The Labute approximate surface area is 163 Å². The minimum Gasteiger partial charge on any atom is -0.496 e. The minimum atomic E-state index is 0.0135. The van der Waals surface area contributed by atoms with Gasteiger partial charge in [-0.1, -0.05) is 45.9 Å². The van der Waals surface area contributed by atoms with Gasteiger partial charge in [0.15, 0.2) is 0 Å². The van der Waals surface area contributed by atoms with Gasteiger partial charge in [-0.2, -0.15) is 0 Å². The average molecular weight is 372 g/mol. The SMILES string of the molecule is COc1ccccc1[C@H]1OCCC23C[C@@H](C[C@H]12)C(C)(C)[C@@H]3NC(=O)C(C)C. The zero-order valence-electron chi connectivity index (χ0n) is 17.2. The normalized spacial score (nSPS) is 36.5. The van der Waals surface area contributed by atoms with Gasteiger partial charge in [-0.25, -0.2) is 0 Å². The molecule has 1 unspecified atom stereocenters. The standard InChI is InChI=1S/C23H33NO3/c1-14(2)20(25)24-21-22(3,4)15-12-17-19(27-11-10-23(17,21)13-15)16-8-6-7-9-18(16)26-5/h6-9,14-15,17,19,21H,10-13H2,1-5H3,(H,24,25)/t15-,17-,19-,21+,23?/m1/s1. The summed E-state index contributed by atoms with van der Waals surface area (Å²) in [5, 5.41) is 3.46. The summed E-state index contributed by atoms with van der Waals surface area (Å²) in [6, 6.07) is 8.45. The number of methoxy groups -OCH3 is 1. The number of ether oxygens (including phenoxy) is 2. The van der Waals surface area contributed by atoms with Crippen molar-refractivity contribution in [3.63, 3.8) is 0 Å². The fourth-order valence-corrected chi connectivity index (χ4v) is 6.31. The fraction of sp³-hybridized carbons (Fsp3) is 0.696. The van der Waals surface area contributed by atoms with Crippen LogP contribution < -0.4 is 10.1 Å². The van der Waals surface area contributed by atoms with Crippen LogP contribution in [0.2, 0.25) is 0 Å². The van der Waals surface area contributed by atoms with E-state index in [1.54, 1.807) is 7.11 Å². The van der Waals surface area contributed by atoms with Crippen LogP contribution in [0.4, 0.5) is 0 Å². The summed E-state index contributed by atoms with van der Waals surface area (Å²) in [4.78, 5) is 12.6. The van der Waals surface area contributed by atoms with E-state index in [1.807, 2.05) is 26.0 Å². The predicted octanol–water partition coefficient (Wildman–Crippen LogP) is 4.35. The Balaban J connectivity index is 1.71. The van der Waals surface area contributed by atoms with Crippen LogP contribution in [-0.4, -0.2) is 25.7 Å². The van der Waals surface area contributed by atoms with E-state index < -0.39 is 0 Å². The maximum Gasteiger partial charge on any atom is 0.222 e. The molecule has 4 heteroatoms. The van der Waals surface area contributed by atoms with Crippen molar-refractivity contribution in [2.45, 2.75) is 59.1 Å². The van der Waals surface area contributed by atoms with Crippen LogP contribution >= 0.6 is 0 Å². The van der Waals surface area contributed by atoms with Crippen LogP contribution in [0.5, 0.6) is 5.75 Å². The Hall–Kier alpha value is -1.55. The van der Waals surface area contributed by atoms with E-state index in [4.69, 9.17) is 9.47 Å². The lowest BCUT2D eigenvalue weighted by molar-refractivity contribution is -0.139. The molecule has 3 fully saturated rings. The highest BCUT2D eigenvalue weighted by atomic mass is 16.5. The number of hydrogen-bond donors (Lipinski definition) is 1. The summed E-state index contributed by atoms with van der Waals surface area (Å²) in [6.07, 6.45) is 3.45. The Morgan fingerprint density at radius 1 is 1.30 bits per heavy atom. The topological polar surface area (TPSA) is 47.6 Å². The molecule has 27 heavy (non-hydrogen) atoms. The summed E-state index contributed by atoms with van der Waals surface area (Å²) >= 11 is 0. The molecule has 148 valence electrons. The molecule has 1 aromatic carbocycles. The molecule has 1 heterocycles. The van der Waals surface area contributed by atoms with Crippen LogP contribution in [-0.2, 0) is 9.53 Å². The lowest BCUT2D eigenvalue weighted by Crippen LogP contribution is -2.59. The van der Waals surface area contributed by atoms with Gasteiger partial charge in [0, 0.05) is 24.1 Å². The molecule has 1 N–H and O–H groups in total. The number of nitrogens with one attached hydrogen (secondary N) is 1. The molecular weight excluding hydrogens is 338 g/mol. The van der Waals surface area contributed by atoms with Gasteiger partial charge in [0.1, 0.15) is 5.75 Å². The second kappa shape index (κ2) is 6.51. The van der Waals surface area contributed by atoms with Gasteiger partial charge in [0.05, 0.1) is 13.2 Å². The van der Waals surface area contributed by atoms with Crippen molar-refractivity contribution in [2.75, 3.05) is 13.7 Å². The minimum absolute atomic E-state index is 0.0135. The summed E-state index contributed by atoms with van der Waals surface area (Å²) in [5.41, 5.74) is 1.41. The van der Waals surface area contributed by atoms with Gasteiger partial charge in [-0.3, -0.25) is 4.79 Å². The smallest absolute Gasteiger partial charge is 0.222 e. The van der Waals surface area contributed by atoms with Gasteiger partial charge in [0.2, 0.25) is 5.91 Å². The zero-order chi connectivity index (χ0) is 19.4. The average Bonchev–Trinajstić information content (AvgIpc) is 3.14. The van der Waals surface area contributed by atoms with Gasteiger partial charge < -0.3 is 14.8 Å². The van der Waals surface area contributed by atoms with Crippen molar-refractivity contribution in [1.29, 1.82) is 0 Å². The molecule has 1 spiro atoms. The van der Waals surface area contributed by atoms with Crippen LogP contribution in [0.25, 0.3) is 0 Å². The van der Waals surface area contributed by atoms with Gasteiger partial charge in [0.25, 0.3) is 0 Å². The van der Waals surface area contributed by atoms with Gasteiger partial charge in [-0.05, 0) is 48.0 Å². The van der Waals surface area contributed by atoms with Crippen LogP contribution in [0.1, 0.15) is 58.6 Å². The number of fused-ring (bicyclic) bond motifs is 1. The summed E-state index contributed by atoms with van der Waals surface area (Å²) in [6.45, 7) is 9.40. The maximum atomic E-state index is 12.6. The molecule has 1 aromatic rings. The molecule has 0 aromatic heterocycles. The third-order valence-electron chi connectivity index (χ3n) is 7.76. The molecule has 4 rings (SSSR count). The Morgan fingerprint density at radius 3 is 2.74 bits per heavy atom. The summed E-state index contributed by atoms with van der Waals surface area (Å²) < 4.78 is 12.0. The van der Waals surface area contributed by atoms with Gasteiger partial charge >= 0.3 is 0 Å². The second-order valence-corrected chi connectivity index (χ2v) is 9.68.